The highest BCUT2D eigenvalue weighted by Gasteiger charge is 2.00. The van der Waals surface area contributed by atoms with Crippen molar-refractivity contribution in [1.82, 2.24) is 4.40 Å². The second kappa shape index (κ2) is 3.53. The van der Waals surface area contributed by atoms with Crippen LogP contribution in [0.2, 0.25) is 0 Å². The number of benzene rings is 1. The molecule has 0 bridgehead atoms. The van der Waals surface area contributed by atoms with Crippen LogP contribution in [0.15, 0.2) is 60.9 Å². The maximum atomic E-state index is 2.21. The summed E-state index contributed by atoms with van der Waals surface area (Å²) in [4.78, 5) is 0. The van der Waals surface area contributed by atoms with Gasteiger partial charge in [0, 0.05) is 23.5 Å². The molecule has 1 aromatic carbocycles. The molecule has 0 aliphatic rings. The zero-order chi connectivity index (χ0) is 11.0. The van der Waals surface area contributed by atoms with Crippen LogP contribution in [0, 0.1) is 6.92 Å². The summed E-state index contributed by atoms with van der Waals surface area (Å²) < 4.78 is 2.15. The minimum atomic E-state index is 1.23. The van der Waals surface area contributed by atoms with Crippen LogP contribution >= 0.6 is 0 Å². The van der Waals surface area contributed by atoms with Gasteiger partial charge in [0.05, 0.1) is 0 Å². The lowest BCUT2D eigenvalue weighted by Crippen LogP contribution is -1.77. The standard InChI is InChI=1S/C15H13N/c1-12-5-7-13(8-6-12)14-10-15-4-2-3-9-16(15)11-14/h2-11H,1H3. The molecule has 2 heterocycles. The highest BCUT2D eigenvalue weighted by atomic mass is 14.8. The van der Waals surface area contributed by atoms with Gasteiger partial charge in [-0.1, -0.05) is 35.9 Å². The summed E-state index contributed by atoms with van der Waals surface area (Å²) >= 11 is 0. The molecule has 0 fully saturated rings. The van der Waals surface area contributed by atoms with E-state index in [1.54, 1.807) is 0 Å². The Hall–Kier alpha value is -2.02. The normalized spacial score (nSPS) is 10.8. The monoisotopic (exact) mass is 207 g/mol. The Morgan fingerprint density at radius 1 is 0.875 bits per heavy atom. The van der Waals surface area contributed by atoms with Crippen molar-refractivity contribution in [2.45, 2.75) is 6.92 Å². The summed E-state index contributed by atoms with van der Waals surface area (Å²) in [5.74, 6) is 0. The average molecular weight is 207 g/mol. The molecule has 0 atom stereocenters. The number of aromatic nitrogens is 1. The van der Waals surface area contributed by atoms with Crippen LogP contribution in [0.5, 0.6) is 0 Å². The summed E-state index contributed by atoms with van der Waals surface area (Å²) in [5.41, 5.74) is 5.08. The first-order valence-corrected chi connectivity index (χ1v) is 5.47. The van der Waals surface area contributed by atoms with Gasteiger partial charge in [0.1, 0.15) is 0 Å². The van der Waals surface area contributed by atoms with Crippen molar-refractivity contribution in [2.75, 3.05) is 0 Å². The van der Waals surface area contributed by atoms with Crippen LogP contribution in [0.4, 0.5) is 0 Å². The first-order valence-electron chi connectivity index (χ1n) is 5.47. The molecule has 3 aromatic rings. The summed E-state index contributed by atoms with van der Waals surface area (Å²) in [6.07, 6.45) is 4.24. The van der Waals surface area contributed by atoms with Crippen molar-refractivity contribution in [1.29, 1.82) is 0 Å². The number of hydrogen-bond donors (Lipinski definition) is 0. The number of rotatable bonds is 1. The highest BCUT2D eigenvalue weighted by molar-refractivity contribution is 5.70. The fourth-order valence-electron chi connectivity index (χ4n) is 1.96. The zero-order valence-corrected chi connectivity index (χ0v) is 9.22. The molecule has 3 rings (SSSR count). The topological polar surface area (TPSA) is 4.41 Å². The number of nitrogens with zero attached hydrogens (tertiary/aromatic N) is 1. The van der Waals surface area contributed by atoms with E-state index in [1.165, 1.54) is 22.2 Å². The van der Waals surface area contributed by atoms with E-state index in [-0.39, 0.29) is 0 Å². The molecule has 2 aromatic heterocycles. The fraction of sp³-hybridized carbons (Fsp3) is 0.0667. The maximum Gasteiger partial charge on any atom is 0.0456 e. The molecule has 0 aliphatic carbocycles. The van der Waals surface area contributed by atoms with Crippen LogP contribution < -0.4 is 0 Å². The Morgan fingerprint density at radius 2 is 1.69 bits per heavy atom. The fourth-order valence-corrected chi connectivity index (χ4v) is 1.96. The molecule has 1 heteroatoms. The molecule has 0 saturated heterocycles. The molecular weight excluding hydrogens is 194 g/mol. The summed E-state index contributed by atoms with van der Waals surface area (Å²) in [7, 11) is 0. The van der Waals surface area contributed by atoms with Crippen molar-refractivity contribution in [3.05, 3.63) is 66.5 Å². The van der Waals surface area contributed by atoms with E-state index in [9.17, 15) is 0 Å². The molecule has 0 saturated carbocycles. The zero-order valence-electron chi connectivity index (χ0n) is 9.22. The predicted octanol–water partition coefficient (Wildman–Crippen LogP) is 3.91. The Morgan fingerprint density at radius 3 is 2.44 bits per heavy atom. The van der Waals surface area contributed by atoms with E-state index in [2.05, 4.69) is 66.2 Å². The number of pyridine rings is 1. The molecule has 78 valence electrons. The summed E-state index contributed by atoms with van der Waals surface area (Å²) in [5, 5.41) is 0. The first-order chi connectivity index (χ1) is 7.83. The van der Waals surface area contributed by atoms with Gasteiger partial charge in [0.15, 0.2) is 0 Å². The lowest BCUT2D eigenvalue weighted by molar-refractivity contribution is 1.20. The number of fused-ring (bicyclic) bond motifs is 1. The van der Waals surface area contributed by atoms with Gasteiger partial charge in [0.25, 0.3) is 0 Å². The van der Waals surface area contributed by atoms with Crippen LogP contribution in [0.1, 0.15) is 5.56 Å². The molecule has 0 unspecified atom stereocenters. The molecule has 0 spiro atoms. The second-order valence-electron chi connectivity index (χ2n) is 4.13. The molecule has 0 N–H and O–H groups in total. The number of hydrogen-bond acceptors (Lipinski definition) is 0. The molecule has 0 radical (unpaired) electrons. The average Bonchev–Trinajstić information content (AvgIpc) is 2.73. The SMILES string of the molecule is Cc1ccc(-c2cc3ccccn3c2)cc1. The van der Waals surface area contributed by atoms with Crippen LogP contribution in [-0.2, 0) is 0 Å². The third-order valence-electron chi connectivity index (χ3n) is 2.89. The molecule has 0 amide bonds. The lowest BCUT2D eigenvalue weighted by Gasteiger charge is -1.97. The third-order valence-corrected chi connectivity index (χ3v) is 2.89. The van der Waals surface area contributed by atoms with Gasteiger partial charge in [-0.05, 0) is 30.7 Å². The van der Waals surface area contributed by atoms with Gasteiger partial charge >= 0.3 is 0 Å². The highest BCUT2D eigenvalue weighted by Crippen LogP contribution is 2.22. The Bertz CT molecular complexity index is 584. The predicted molar refractivity (Wildman–Crippen MR) is 67.6 cm³/mol. The summed E-state index contributed by atoms with van der Waals surface area (Å²) in [6, 6.07) is 17.1. The van der Waals surface area contributed by atoms with Gasteiger partial charge in [-0.3, -0.25) is 0 Å². The molecule has 0 aliphatic heterocycles. The number of aryl methyl sites for hydroxylation is 1. The summed E-state index contributed by atoms with van der Waals surface area (Å²) in [6.45, 7) is 2.11. The van der Waals surface area contributed by atoms with Gasteiger partial charge < -0.3 is 4.40 Å². The minimum Gasteiger partial charge on any atom is -0.323 e. The lowest BCUT2D eigenvalue weighted by atomic mass is 10.1. The molecule has 1 nitrogen and oxygen atoms in total. The van der Waals surface area contributed by atoms with E-state index in [0.717, 1.165) is 0 Å². The van der Waals surface area contributed by atoms with Crippen molar-refractivity contribution in [3.63, 3.8) is 0 Å². The van der Waals surface area contributed by atoms with Crippen LogP contribution in [0.25, 0.3) is 16.6 Å². The van der Waals surface area contributed by atoms with E-state index < -0.39 is 0 Å². The Kier molecular flexibility index (Phi) is 2.03. The van der Waals surface area contributed by atoms with Gasteiger partial charge in [-0.15, -0.1) is 0 Å². The molecular formula is C15H13N. The van der Waals surface area contributed by atoms with E-state index in [1.807, 2.05) is 6.07 Å². The van der Waals surface area contributed by atoms with Crippen molar-refractivity contribution >= 4 is 5.52 Å². The van der Waals surface area contributed by atoms with E-state index in [0.29, 0.717) is 0 Å². The van der Waals surface area contributed by atoms with Gasteiger partial charge in [0.2, 0.25) is 0 Å². The first kappa shape index (κ1) is 9.22. The maximum absolute atomic E-state index is 2.21. The van der Waals surface area contributed by atoms with Gasteiger partial charge in [-0.2, -0.15) is 0 Å². The Balaban J connectivity index is 2.15. The third kappa shape index (κ3) is 1.50. The van der Waals surface area contributed by atoms with Crippen molar-refractivity contribution in [2.24, 2.45) is 0 Å². The van der Waals surface area contributed by atoms with Gasteiger partial charge in [-0.25, -0.2) is 0 Å². The van der Waals surface area contributed by atoms with Crippen molar-refractivity contribution in [3.8, 4) is 11.1 Å². The quantitative estimate of drug-likeness (QED) is 0.569. The van der Waals surface area contributed by atoms with Crippen LogP contribution in [-0.4, -0.2) is 4.40 Å². The Labute approximate surface area is 95.0 Å². The van der Waals surface area contributed by atoms with E-state index in [4.69, 9.17) is 0 Å². The minimum absolute atomic E-state index is 1.23. The van der Waals surface area contributed by atoms with Crippen molar-refractivity contribution < 1.29 is 0 Å². The smallest absolute Gasteiger partial charge is 0.0456 e. The van der Waals surface area contributed by atoms with E-state index >= 15 is 0 Å². The second-order valence-corrected chi connectivity index (χ2v) is 4.13. The molecule has 16 heavy (non-hydrogen) atoms. The van der Waals surface area contributed by atoms with Crippen LogP contribution in [0.3, 0.4) is 0 Å². The largest absolute Gasteiger partial charge is 0.323 e.